The lowest BCUT2D eigenvalue weighted by atomic mass is 9.96. The summed E-state index contributed by atoms with van der Waals surface area (Å²) in [7, 11) is 0. The van der Waals surface area contributed by atoms with Gasteiger partial charge in [-0.05, 0) is 65.1 Å². The molecule has 3 aromatic rings. The SMILES string of the molecule is CCCCc1cccc(-c2cccc(-c3cccc(CCCC)c3)c2)c1. The van der Waals surface area contributed by atoms with E-state index in [1.54, 1.807) is 0 Å². The van der Waals surface area contributed by atoms with Crippen LogP contribution in [0.5, 0.6) is 0 Å². The molecule has 0 aliphatic heterocycles. The molecule has 0 nitrogen and oxygen atoms in total. The Morgan fingerprint density at radius 3 is 1.31 bits per heavy atom. The molecule has 0 aromatic heterocycles. The summed E-state index contributed by atoms with van der Waals surface area (Å²) in [6, 6.07) is 27.0. The van der Waals surface area contributed by atoms with Crippen LogP contribution in [0, 0.1) is 0 Å². The van der Waals surface area contributed by atoms with Gasteiger partial charge in [-0.1, -0.05) is 93.4 Å². The van der Waals surface area contributed by atoms with Crippen molar-refractivity contribution in [1.29, 1.82) is 0 Å². The minimum Gasteiger partial charge on any atom is -0.0654 e. The van der Waals surface area contributed by atoms with Crippen molar-refractivity contribution in [2.24, 2.45) is 0 Å². The number of unbranched alkanes of at least 4 members (excludes halogenated alkanes) is 2. The molecule has 0 heteroatoms. The molecule has 0 spiro atoms. The highest BCUT2D eigenvalue weighted by molar-refractivity contribution is 5.73. The minimum absolute atomic E-state index is 1.17. The molecule has 0 saturated carbocycles. The van der Waals surface area contributed by atoms with E-state index in [0.717, 1.165) is 0 Å². The molecule has 0 radical (unpaired) electrons. The molecule has 0 saturated heterocycles. The fourth-order valence-electron chi connectivity index (χ4n) is 3.45. The first-order valence-electron chi connectivity index (χ1n) is 10.1. The fourth-order valence-corrected chi connectivity index (χ4v) is 3.45. The number of benzene rings is 3. The van der Waals surface area contributed by atoms with Crippen molar-refractivity contribution in [3.8, 4) is 22.3 Å². The fraction of sp³-hybridized carbons (Fsp3) is 0.308. The molecule has 0 amide bonds. The van der Waals surface area contributed by atoms with Crippen molar-refractivity contribution >= 4 is 0 Å². The molecule has 0 heterocycles. The molecule has 0 bridgehead atoms. The molecule has 0 atom stereocenters. The van der Waals surface area contributed by atoms with Gasteiger partial charge in [0.05, 0.1) is 0 Å². The van der Waals surface area contributed by atoms with Crippen molar-refractivity contribution in [3.05, 3.63) is 83.9 Å². The Morgan fingerprint density at radius 1 is 0.500 bits per heavy atom. The Balaban J connectivity index is 1.87. The summed E-state index contributed by atoms with van der Waals surface area (Å²) >= 11 is 0. The third-order valence-electron chi connectivity index (χ3n) is 5.02. The summed E-state index contributed by atoms with van der Waals surface area (Å²) in [5.74, 6) is 0. The van der Waals surface area contributed by atoms with Gasteiger partial charge in [0.2, 0.25) is 0 Å². The van der Waals surface area contributed by atoms with E-state index in [-0.39, 0.29) is 0 Å². The predicted molar refractivity (Wildman–Crippen MR) is 115 cm³/mol. The summed E-state index contributed by atoms with van der Waals surface area (Å²) in [5.41, 5.74) is 8.14. The van der Waals surface area contributed by atoms with Crippen LogP contribution in [0.1, 0.15) is 50.7 Å². The number of aryl methyl sites for hydroxylation is 2. The zero-order valence-electron chi connectivity index (χ0n) is 16.2. The van der Waals surface area contributed by atoms with Gasteiger partial charge in [0.25, 0.3) is 0 Å². The normalized spacial score (nSPS) is 10.8. The van der Waals surface area contributed by atoms with Crippen LogP contribution < -0.4 is 0 Å². The van der Waals surface area contributed by atoms with Gasteiger partial charge in [-0.25, -0.2) is 0 Å². The van der Waals surface area contributed by atoms with Crippen LogP contribution in [-0.4, -0.2) is 0 Å². The van der Waals surface area contributed by atoms with Crippen LogP contribution in [0.25, 0.3) is 22.3 Å². The maximum absolute atomic E-state index is 2.35. The lowest BCUT2D eigenvalue weighted by molar-refractivity contribution is 0.795. The number of hydrogen-bond acceptors (Lipinski definition) is 0. The van der Waals surface area contributed by atoms with Gasteiger partial charge < -0.3 is 0 Å². The van der Waals surface area contributed by atoms with E-state index in [1.165, 1.54) is 71.9 Å². The molecule has 26 heavy (non-hydrogen) atoms. The monoisotopic (exact) mass is 342 g/mol. The van der Waals surface area contributed by atoms with E-state index < -0.39 is 0 Å². The van der Waals surface area contributed by atoms with E-state index in [1.807, 2.05) is 0 Å². The highest BCUT2D eigenvalue weighted by Gasteiger charge is 2.04. The summed E-state index contributed by atoms with van der Waals surface area (Å²) in [4.78, 5) is 0. The van der Waals surface area contributed by atoms with Gasteiger partial charge in [0, 0.05) is 0 Å². The molecule has 0 unspecified atom stereocenters. The van der Waals surface area contributed by atoms with Gasteiger partial charge in [-0.3, -0.25) is 0 Å². The second-order valence-corrected chi connectivity index (χ2v) is 7.19. The predicted octanol–water partition coefficient (Wildman–Crippen LogP) is 7.71. The Kier molecular flexibility index (Phi) is 6.66. The van der Waals surface area contributed by atoms with Crippen LogP contribution in [0.15, 0.2) is 72.8 Å². The number of hydrogen-bond donors (Lipinski definition) is 0. The Hall–Kier alpha value is -2.34. The molecule has 0 aliphatic rings. The van der Waals surface area contributed by atoms with E-state index in [2.05, 4.69) is 86.6 Å². The second kappa shape index (κ2) is 9.38. The summed E-state index contributed by atoms with van der Waals surface area (Å²) in [6.07, 6.45) is 7.34. The van der Waals surface area contributed by atoms with Crippen LogP contribution >= 0.6 is 0 Å². The highest BCUT2D eigenvalue weighted by Crippen LogP contribution is 2.28. The van der Waals surface area contributed by atoms with Gasteiger partial charge in [-0.2, -0.15) is 0 Å². The molecule has 0 fully saturated rings. The standard InChI is InChI=1S/C26H30/c1-3-5-10-21-12-7-14-23(18-21)25-16-9-17-26(20-25)24-15-8-13-22(19-24)11-6-4-2/h7-9,12-20H,3-6,10-11H2,1-2H3. The molecular formula is C26H30. The Morgan fingerprint density at radius 2 is 0.885 bits per heavy atom. The van der Waals surface area contributed by atoms with Crippen LogP contribution in [0.2, 0.25) is 0 Å². The van der Waals surface area contributed by atoms with Crippen LogP contribution in [0.3, 0.4) is 0 Å². The Bertz CT molecular complexity index is 762. The molecule has 0 aliphatic carbocycles. The smallest absolute Gasteiger partial charge is 0.0178 e. The minimum atomic E-state index is 1.17. The van der Waals surface area contributed by atoms with Gasteiger partial charge in [-0.15, -0.1) is 0 Å². The molecule has 3 aromatic carbocycles. The topological polar surface area (TPSA) is 0 Å². The Labute approximate surface area is 158 Å². The van der Waals surface area contributed by atoms with Gasteiger partial charge in [0.15, 0.2) is 0 Å². The summed E-state index contributed by atoms with van der Waals surface area (Å²) < 4.78 is 0. The van der Waals surface area contributed by atoms with Gasteiger partial charge in [0.1, 0.15) is 0 Å². The average Bonchev–Trinajstić information content (AvgIpc) is 2.71. The summed E-state index contributed by atoms with van der Waals surface area (Å²) in [5, 5.41) is 0. The molecular weight excluding hydrogens is 312 g/mol. The molecule has 3 rings (SSSR count). The van der Waals surface area contributed by atoms with Crippen molar-refractivity contribution < 1.29 is 0 Å². The van der Waals surface area contributed by atoms with E-state index in [4.69, 9.17) is 0 Å². The maximum atomic E-state index is 2.35. The van der Waals surface area contributed by atoms with Crippen LogP contribution in [-0.2, 0) is 12.8 Å². The van der Waals surface area contributed by atoms with Crippen molar-refractivity contribution in [2.75, 3.05) is 0 Å². The quantitative estimate of drug-likeness (QED) is 0.393. The summed E-state index contributed by atoms with van der Waals surface area (Å²) in [6.45, 7) is 4.50. The van der Waals surface area contributed by atoms with Crippen molar-refractivity contribution in [3.63, 3.8) is 0 Å². The van der Waals surface area contributed by atoms with Crippen molar-refractivity contribution in [1.82, 2.24) is 0 Å². The average molecular weight is 343 g/mol. The zero-order valence-corrected chi connectivity index (χ0v) is 16.2. The van der Waals surface area contributed by atoms with E-state index in [0.29, 0.717) is 0 Å². The zero-order chi connectivity index (χ0) is 18.2. The maximum Gasteiger partial charge on any atom is -0.0178 e. The van der Waals surface area contributed by atoms with Gasteiger partial charge >= 0.3 is 0 Å². The van der Waals surface area contributed by atoms with E-state index in [9.17, 15) is 0 Å². The first-order chi connectivity index (χ1) is 12.8. The van der Waals surface area contributed by atoms with Crippen LogP contribution in [0.4, 0.5) is 0 Å². The molecule has 0 N–H and O–H groups in total. The van der Waals surface area contributed by atoms with Crippen molar-refractivity contribution in [2.45, 2.75) is 52.4 Å². The van der Waals surface area contributed by atoms with E-state index >= 15 is 0 Å². The first kappa shape index (κ1) is 18.5. The third-order valence-corrected chi connectivity index (χ3v) is 5.02. The first-order valence-corrected chi connectivity index (χ1v) is 10.1. The lowest BCUT2D eigenvalue weighted by Gasteiger charge is -2.09. The number of rotatable bonds is 8. The lowest BCUT2D eigenvalue weighted by Crippen LogP contribution is -1.88. The highest BCUT2D eigenvalue weighted by atomic mass is 14.1. The second-order valence-electron chi connectivity index (χ2n) is 7.19. The third kappa shape index (κ3) is 4.85. The largest absolute Gasteiger partial charge is 0.0654 e. The molecule has 134 valence electrons.